The Balaban J connectivity index is 1.88. The summed E-state index contributed by atoms with van der Waals surface area (Å²) in [5.41, 5.74) is 6.03. The number of aryl methyl sites for hydroxylation is 1. The van der Waals surface area contributed by atoms with E-state index in [4.69, 9.17) is 5.73 Å². The quantitative estimate of drug-likeness (QED) is 0.674. The number of aromatic nitrogens is 1. The molecule has 2 rings (SSSR count). The molecule has 100 valence electrons. The van der Waals surface area contributed by atoms with Gasteiger partial charge < -0.3 is 10.6 Å². The summed E-state index contributed by atoms with van der Waals surface area (Å²) in [6.07, 6.45) is 5.41. The highest BCUT2D eigenvalue weighted by Gasteiger charge is 2.16. The highest BCUT2D eigenvalue weighted by atomic mass is 32.1. The van der Waals surface area contributed by atoms with E-state index in [0.29, 0.717) is 12.5 Å². The van der Waals surface area contributed by atoms with Crippen molar-refractivity contribution in [2.75, 3.05) is 13.1 Å². The minimum atomic E-state index is 0.614. The molecule has 4 nitrogen and oxygen atoms in total. The molecule has 0 aromatic carbocycles. The van der Waals surface area contributed by atoms with E-state index in [1.165, 1.54) is 17.7 Å². The second kappa shape index (κ2) is 6.18. The van der Waals surface area contributed by atoms with Gasteiger partial charge in [0.15, 0.2) is 5.96 Å². The Bertz CT molecular complexity index is 405. The first kappa shape index (κ1) is 13.3. The third-order valence-corrected chi connectivity index (χ3v) is 4.56. The minimum absolute atomic E-state index is 0.614. The number of likely N-dealkylation sites (tertiary alicyclic amines) is 1. The molecule has 1 aliphatic heterocycles. The summed E-state index contributed by atoms with van der Waals surface area (Å²) >= 11 is 1.73. The Morgan fingerprint density at radius 2 is 2.28 bits per heavy atom. The summed E-state index contributed by atoms with van der Waals surface area (Å²) in [6.45, 7) is 7.13. The number of guanidine groups is 1. The Morgan fingerprint density at radius 3 is 2.89 bits per heavy atom. The fourth-order valence-corrected chi connectivity index (χ4v) is 2.86. The van der Waals surface area contributed by atoms with Crippen LogP contribution in [0.25, 0.3) is 0 Å². The standard InChI is InChI=1S/C13H22N4S/c1-3-11-8-15-12(18-11)9-16-13(14)17-6-4-10(2)5-7-17/h8,10H,3-7,9H2,1-2H3,(H2,14,16). The molecule has 2 heterocycles. The number of piperidine rings is 1. The van der Waals surface area contributed by atoms with Crippen molar-refractivity contribution >= 4 is 17.3 Å². The van der Waals surface area contributed by atoms with Crippen molar-refractivity contribution < 1.29 is 0 Å². The zero-order valence-corrected chi connectivity index (χ0v) is 12.0. The molecule has 1 aromatic heterocycles. The maximum Gasteiger partial charge on any atom is 0.191 e. The third-order valence-electron chi connectivity index (χ3n) is 3.43. The van der Waals surface area contributed by atoms with E-state index in [2.05, 4.69) is 28.7 Å². The van der Waals surface area contributed by atoms with Crippen molar-refractivity contribution in [2.24, 2.45) is 16.6 Å². The molecule has 5 heteroatoms. The number of hydrogen-bond donors (Lipinski definition) is 1. The number of thiazole rings is 1. The van der Waals surface area contributed by atoms with Gasteiger partial charge in [0.05, 0.1) is 6.54 Å². The molecule has 0 unspecified atom stereocenters. The minimum Gasteiger partial charge on any atom is -0.370 e. The molecule has 1 aliphatic rings. The van der Waals surface area contributed by atoms with Gasteiger partial charge in [0.25, 0.3) is 0 Å². The smallest absolute Gasteiger partial charge is 0.191 e. The first-order valence-electron chi connectivity index (χ1n) is 6.67. The second-order valence-electron chi connectivity index (χ2n) is 4.92. The lowest BCUT2D eigenvalue weighted by Crippen LogP contribution is -2.42. The Morgan fingerprint density at radius 1 is 1.56 bits per heavy atom. The lowest BCUT2D eigenvalue weighted by molar-refractivity contribution is 0.277. The van der Waals surface area contributed by atoms with Crippen molar-refractivity contribution in [3.05, 3.63) is 16.1 Å². The lowest BCUT2D eigenvalue weighted by Gasteiger charge is -2.30. The Hall–Kier alpha value is -1.10. The van der Waals surface area contributed by atoms with Gasteiger partial charge in [-0.15, -0.1) is 11.3 Å². The van der Waals surface area contributed by atoms with Crippen LogP contribution in [0, 0.1) is 5.92 Å². The molecule has 2 N–H and O–H groups in total. The van der Waals surface area contributed by atoms with Gasteiger partial charge in [0, 0.05) is 24.2 Å². The van der Waals surface area contributed by atoms with Crippen LogP contribution in [0.5, 0.6) is 0 Å². The summed E-state index contributed by atoms with van der Waals surface area (Å²) in [5, 5.41) is 1.06. The average molecular weight is 266 g/mol. The molecule has 0 spiro atoms. The van der Waals surface area contributed by atoms with Gasteiger partial charge in [-0.2, -0.15) is 0 Å². The third kappa shape index (κ3) is 3.45. The van der Waals surface area contributed by atoms with E-state index in [-0.39, 0.29) is 0 Å². The molecule has 0 bridgehead atoms. The van der Waals surface area contributed by atoms with Crippen molar-refractivity contribution in [3.8, 4) is 0 Å². The fourth-order valence-electron chi connectivity index (χ4n) is 2.07. The van der Waals surface area contributed by atoms with Gasteiger partial charge in [-0.1, -0.05) is 13.8 Å². The molecule has 0 amide bonds. The molecule has 0 saturated carbocycles. The molecule has 0 aliphatic carbocycles. The Labute approximate surface area is 113 Å². The summed E-state index contributed by atoms with van der Waals surface area (Å²) in [4.78, 5) is 12.3. The molecular weight excluding hydrogens is 244 g/mol. The summed E-state index contributed by atoms with van der Waals surface area (Å²) < 4.78 is 0. The van der Waals surface area contributed by atoms with E-state index in [0.717, 1.165) is 30.4 Å². The van der Waals surface area contributed by atoms with E-state index in [1.54, 1.807) is 11.3 Å². The van der Waals surface area contributed by atoms with E-state index in [1.807, 2.05) is 6.20 Å². The van der Waals surface area contributed by atoms with Crippen LogP contribution in [0.3, 0.4) is 0 Å². The SMILES string of the molecule is CCc1cnc(CN=C(N)N2CCC(C)CC2)s1. The number of nitrogens with two attached hydrogens (primary N) is 1. The molecule has 1 aromatic rings. The molecule has 1 saturated heterocycles. The highest BCUT2D eigenvalue weighted by molar-refractivity contribution is 7.11. The summed E-state index contributed by atoms with van der Waals surface area (Å²) in [7, 11) is 0. The normalized spacial score (nSPS) is 18.3. The van der Waals surface area contributed by atoms with Crippen LogP contribution < -0.4 is 5.73 Å². The van der Waals surface area contributed by atoms with Gasteiger partial charge in [-0.05, 0) is 25.2 Å². The second-order valence-corrected chi connectivity index (χ2v) is 6.12. The maximum atomic E-state index is 6.03. The fraction of sp³-hybridized carbons (Fsp3) is 0.692. The predicted molar refractivity (Wildman–Crippen MR) is 76.8 cm³/mol. The number of aliphatic imine (C=N–C) groups is 1. The van der Waals surface area contributed by atoms with Crippen LogP contribution in [-0.2, 0) is 13.0 Å². The monoisotopic (exact) mass is 266 g/mol. The van der Waals surface area contributed by atoms with Crippen LogP contribution in [0.4, 0.5) is 0 Å². The first-order valence-corrected chi connectivity index (χ1v) is 7.49. The van der Waals surface area contributed by atoms with E-state index >= 15 is 0 Å². The molecule has 0 radical (unpaired) electrons. The van der Waals surface area contributed by atoms with Crippen molar-refractivity contribution in [1.82, 2.24) is 9.88 Å². The van der Waals surface area contributed by atoms with Crippen LogP contribution in [0.1, 0.15) is 36.6 Å². The van der Waals surface area contributed by atoms with Gasteiger partial charge in [-0.25, -0.2) is 9.98 Å². The highest BCUT2D eigenvalue weighted by Crippen LogP contribution is 2.17. The lowest BCUT2D eigenvalue weighted by atomic mass is 10.00. The first-order chi connectivity index (χ1) is 8.69. The number of rotatable bonds is 3. The zero-order valence-electron chi connectivity index (χ0n) is 11.2. The van der Waals surface area contributed by atoms with Crippen LogP contribution in [0.15, 0.2) is 11.2 Å². The summed E-state index contributed by atoms with van der Waals surface area (Å²) in [5.74, 6) is 1.50. The Kier molecular flexibility index (Phi) is 4.58. The average Bonchev–Trinajstić information content (AvgIpc) is 2.85. The zero-order chi connectivity index (χ0) is 13.0. The van der Waals surface area contributed by atoms with Gasteiger partial charge >= 0.3 is 0 Å². The number of nitrogens with zero attached hydrogens (tertiary/aromatic N) is 3. The van der Waals surface area contributed by atoms with E-state index < -0.39 is 0 Å². The van der Waals surface area contributed by atoms with Crippen LogP contribution in [0.2, 0.25) is 0 Å². The van der Waals surface area contributed by atoms with Crippen molar-refractivity contribution in [3.63, 3.8) is 0 Å². The van der Waals surface area contributed by atoms with E-state index in [9.17, 15) is 0 Å². The van der Waals surface area contributed by atoms with Crippen molar-refractivity contribution in [2.45, 2.75) is 39.7 Å². The van der Waals surface area contributed by atoms with Gasteiger partial charge in [-0.3, -0.25) is 0 Å². The van der Waals surface area contributed by atoms with Crippen molar-refractivity contribution in [1.29, 1.82) is 0 Å². The maximum absolute atomic E-state index is 6.03. The molecule has 18 heavy (non-hydrogen) atoms. The van der Waals surface area contributed by atoms with Gasteiger partial charge in [0.2, 0.25) is 0 Å². The summed E-state index contributed by atoms with van der Waals surface area (Å²) in [6, 6.07) is 0. The predicted octanol–water partition coefficient (Wildman–Crippen LogP) is 2.25. The number of hydrogen-bond acceptors (Lipinski definition) is 3. The molecular formula is C13H22N4S. The van der Waals surface area contributed by atoms with Gasteiger partial charge in [0.1, 0.15) is 5.01 Å². The largest absolute Gasteiger partial charge is 0.370 e. The molecule has 1 fully saturated rings. The van der Waals surface area contributed by atoms with Crippen LogP contribution >= 0.6 is 11.3 Å². The molecule has 0 atom stereocenters. The topological polar surface area (TPSA) is 54.5 Å². The van der Waals surface area contributed by atoms with Crippen LogP contribution in [-0.4, -0.2) is 28.9 Å².